The molecule has 0 spiro atoms. The van der Waals surface area contributed by atoms with Gasteiger partial charge in [-0.2, -0.15) is 0 Å². The summed E-state index contributed by atoms with van der Waals surface area (Å²) in [5, 5.41) is 3.21. The Balaban J connectivity index is 2.55. The van der Waals surface area contributed by atoms with Crippen molar-refractivity contribution in [2.75, 3.05) is 0 Å². The molecule has 0 radical (unpaired) electrons. The molecular weight excluding hydrogens is 258 g/mol. The molecule has 1 aromatic heterocycles. The monoisotopic (exact) mass is 267 g/mol. The van der Waals surface area contributed by atoms with Crippen molar-refractivity contribution < 1.29 is 0 Å². The van der Waals surface area contributed by atoms with Gasteiger partial charge in [0, 0.05) is 15.4 Å². The van der Waals surface area contributed by atoms with E-state index in [1.54, 1.807) is 11.3 Å². The quantitative estimate of drug-likeness (QED) is 0.755. The van der Waals surface area contributed by atoms with Crippen LogP contribution < -0.4 is 0 Å². The maximum absolute atomic E-state index is 4.48. The summed E-state index contributed by atoms with van der Waals surface area (Å²) in [6.45, 7) is 4.14. The first-order chi connectivity index (χ1) is 6.66. The fourth-order valence-corrected chi connectivity index (χ4v) is 2.33. The van der Waals surface area contributed by atoms with Gasteiger partial charge in [0.1, 0.15) is 0 Å². The number of halogens is 1. The van der Waals surface area contributed by atoms with E-state index in [2.05, 4.69) is 51.4 Å². The van der Waals surface area contributed by atoms with Crippen LogP contribution in [0.1, 0.15) is 10.6 Å². The van der Waals surface area contributed by atoms with Gasteiger partial charge >= 0.3 is 0 Å². The second kappa shape index (κ2) is 3.83. The van der Waals surface area contributed by atoms with Gasteiger partial charge in [0.2, 0.25) is 0 Å². The minimum absolute atomic E-state index is 1.08. The number of aryl methyl sites for hydroxylation is 2. The van der Waals surface area contributed by atoms with Crippen LogP contribution in [0.4, 0.5) is 0 Å². The minimum Gasteiger partial charge on any atom is -0.242 e. The molecule has 0 saturated heterocycles. The van der Waals surface area contributed by atoms with Crippen molar-refractivity contribution in [3.8, 4) is 11.3 Å². The lowest BCUT2D eigenvalue weighted by Gasteiger charge is -2.02. The Kier molecular flexibility index (Phi) is 2.70. The average Bonchev–Trinajstić information content (AvgIpc) is 2.56. The SMILES string of the molecule is Cc1nc(-c2cc(Br)ccc2C)cs1. The number of nitrogens with zero attached hydrogens (tertiary/aromatic N) is 1. The van der Waals surface area contributed by atoms with E-state index in [-0.39, 0.29) is 0 Å². The maximum Gasteiger partial charge on any atom is 0.0901 e. The molecule has 1 aromatic carbocycles. The molecule has 0 amide bonds. The van der Waals surface area contributed by atoms with E-state index in [9.17, 15) is 0 Å². The van der Waals surface area contributed by atoms with Crippen LogP contribution in [-0.2, 0) is 0 Å². The van der Waals surface area contributed by atoms with Crippen molar-refractivity contribution in [1.29, 1.82) is 0 Å². The standard InChI is InChI=1S/C11H10BrNS/c1-7-3-4-9(12)5-10(7)11-6-14-8(2)13-11/h3-6H,1-2H3. The van der Waals surface area contributed by atoms with Gasteiger partial charge in [-0.3, -0.25) is 0 Å². The minimum atomic E-state index is 1.08. The number of hydrogen-bond acceptors (Lipinski definition) is 2. The second-order valence-corrected chi connectivity index (χ2v) is 5.19. The zero-order valence-electron chi connectivity index (χ0n) is 8.04. The summed E-state index contributed by atoms with van der Waals surface area (Å²) in [7, 11) is 0. The third kappa shape index (κ3) is 1.88. The molecule has 0 atom stereocenters. The molecule has 0 N–H and O–H groups in total. The first-order valence-electron chi connectivity index (χ1n) is 4.35. The van der Waals surface area contributed by atoms with Crippen molar-refractivity contribution in [3.05, 3.63) is 38.6 Å². The highest BCUT2D eigenvalue weighted by Crippen LogP contribution is 2.27. The van der Waals surface area contributed by atoms with Gasteiger partial charge in [-0.05, 0) is 31.5 Å². The first-order valence-corrected chi connectivity index (χ1v) is 6.03. The molecule has 2 aromatic rings. The van der Waals surface area contributed by atoms with E-state index in [4.69, 9.17) is 0 Å². The van der Waals surface area contributed by atoms with Crippen LogP contribution in [0.2, 0.25) is 0 Å². The summed E-state index contributed by atoms with van der Waals surface area (Å²) < 4.78 is 1.10. The average molecular weight is 268 g/mol. The van der Waals surface area contributed by atoms with Crippen LogP contribution >= 0.6 is 27.3 Å². The lowest BCUT2D eigenvalue weighted by Crippen LogP contribution is -1.83. The number of thiazole rings is 1. The number of aromatic nitrogens is 1. The van der Waals surface area contributed by atoms with Gasteiger partial charge in [-0.1, -0.05) is 22.0 Å². The van der Waals surface area contributed by atoms with E-state index < -0.39 is 0 Å². The molecule has 0 bridgehead atoms. The summed E-state index contributed by atoms with van der Waals surface area (Å²) in [5.74, 6) is 0. The molecule has 72 valence electrons. The normalized spacial score (nSPS) is 10.5. The van der Waals surface area contributed by atoms with Crippen LogP contribution in [0.25, 0.3) is 11.3 Å². The molecule has 0 aliphatic heterocycles. The number of rotatable bonds is 1. The molecule has 0 saturated carbocycles. The summed E-state index contributed by atoms with van der Waals surface area (Å²) in [6.07, 6.45) is 0. The van der Waals surface area contributed by atoms with Crippen molar-refractivity contribution in [2.45, 2.75) is 13.8 Å². The maximum atomic E-state index is 4.48. The molecular formula is C11H10BrNS. The predicted octanol–water partition coefficient (Wildman–Crippen LogP) is 4.19. The summed E-state index contributed by atoms with van der Waals surface area (Å²) in [6, 6.07) is 6.27. The molecule has 2 rings (SSSR count). The van der Waals surface area contributed by atoms with E-state index in [0.717, 1.165) is 15.2 Å². The Bertz CT molecular complexity index is 462. The fourth-order valence-electron chi connectivity index (χ4n) is 1.36. The van der Waals surface area contributed by atoms with Gasteiger partial charge in [-0.15, -0.1) is 11.3 Å². The van der Waals surface area contributed by atoms with Crippen LogP contribution in [0.3, 0.4) is 0 Å². The van der Waals surface area contributed by atoms with Crippen molar-refractivity contribution in [1.82, 2.24) is 4.98 Å². The van der Waals surface area contributed by atoms with E-state index >= 15 is 0 Å². The molecule has 0 aliphatic rings. The molecule has 0 unspecified atom stereocenters. The van der Waals surface area contributed by atoms with E-state index in [1.165, 1.54) is 11.1 Å². The Labute approximate surface area is 95.9 Å². The third-order valence-electron chi connectivity index (χ3n) is 2.09. The van der Waals surface area contributed by atoms with Crippen LogP contribution in [0.5, 0.6) is 0 Å². The molecule has 1 nitrogen and oxygen atoms in total. The van der Waals surface area contributed by atoms with Crippen molar-refractivity contribution in [3.63, 3.8) is 0 Å². The van der Waals surface area contributed by atoms with Crippen LogP contribution in [-0.4, -0.2) is 4.98 Å². The summed E-state index contributed by atoms with van der Waals surface area (Å²) in [4.78, 5) is 4.48. The fraction of sp³-hybridized carbons (Fsp3) is 0.182. The van der Waals surface area contributed by atoms with E-state index in [1.807, 2.05) is 6.92 Å². The van der Waals surface area contributed by atoms with Gasteiger partial charge in [0.25, 0.3) is 0 Å². The zero-order valence-corrected chi connectivity index (χ0v) is 10.4. The van der Waals surface area contributed by atoms with Crippen LogP contribution in [0.15, 0.2) is 28.1 Å². The Morgan fingerprint density at radius 2 is 2.07 bits per heavy atom. The highest BCUT2D eigenvalue weighted by molar-refractivity contribution is 9.10. The molecule has 3 heteroatoms. The highest BCUT2D eigenvalue weighted by Gasteiger charge is 2.05. The molecule has 1 heterocycles. The second-order valence-electron chi connectivity index (χ2n) is 3.21. The lowest BCUT2D eigenvalue weighted by molar-refractivity contribution is 1.28. The number of benzene rings is 1. The molecule has 0 fully saturated rings. The van der Waals surface area contributed by atoms with Crippen molar-refractivity contribution in [2.24, 2.45) is 0 Å². The van der Waals surface area contributed by atoms with Gasteiger partial charge in [0.15, 0.2) is 0 Å². The number of hydrogen-bond donors (Lipinski definition) is 0. The van der Waals surface area contributed by atoms with Gasteiger partial charge < -0.3 is 0 Å². The largest absolute Gasteiger partial charge is 0.242 e. The topological polar surface area (TPSA) is 12.9 Å². The Hall–Kier alpha value is -0.670. The summed E-state index contributed by atoms with van der Waals surface area (Å²) >= 11 is 5.16. The molecule has 0 aliphatic carbocycles. The predicted molar refractivity (Wildman–Crippen MR) is 64.7 cm³/mol. The summed E-state index contributed by atoms with van der Waals surface area (Å²) in [5.41, 5.74) is 3.55. The third-order valence-corrected chi connectivity index (χ3v) is 3.36. The van der Waals surface area contributed by atoms with Crippen LogP contribution in [0, 0.1) is 13.8 Å². The highest BCUT2D eigenvalue weighted by atomic mass is 79.9. The smallest absolute Gasteiger partial charge is 0.0901 e. The van der Waals surface area contributed by atoms with Gasteiger partial charge in [0.05, 0.1) is 10.7 Å². The van der Waals surface area contributed by atoms with Crippen molar-refractivity contribution >= 4 is 27.3 Å². The molecule has 14 heavy (non-hydrogen) atoms. The Morgan fingerprint density at radius 3 is 2.71 bits per heavy atom. The Morgan fingerprint density at radius 1 is 1.29 bits per heavy atom. The zero-order chi connectivity index (χ0) is 10.1. The lowest BCUT2D eigenvalue weighted by atomic mass is 10.1. The van der Waals surface area contributed by atoms with Gasteiger partial charge in [-0.25, -0.2) is 4.98 Å². The van der Waals surface area contributed by atoms with E-state index in [0.29, 0.717) is 0 Å². The first kappa shape index (κ1) is 9.87.